The molecular formula is C34H70O3Si2. The molecule has 5 heteroatoms. The number of rotatable bonds is 13. The Balaban J connectivity index is 2.19. The highest BCUT2D eigenvalue weighted by atomic mass is 28.4. The van der Waals surface area contributed by atoms with Gasteiger partial charge >= 0.3 is 0 Å². The molecule has 232 valence electrons. The molecule has 0 heterocycles. The summed E-state index contributed by atoms with van der Waals surface area (Å²) in [5.74, 6) is 2.79. The van der Waals surface area contributed by atoms with Crippen LogP contribution in [0.3, 0.4) is 0 Å². The Morgan fingerprint density at radius 1 is 0.795 bits per heavy atom. The fraction of sp³-hybridized carbons (Fsp3) is 1.00. The second kappa shape index (κ2) is 12.9. The zero-order valence-electron chi connectivity index (χ0n) is 28.9. The zero-order chi connectivity index (χ0) is 30.1. The quantitative estimate of drug-likeness (QED) is 0.173. The van der Waals surface area contributed by atoms with Crippen LogP contribution in [0, 0.1) is 29.1 Å². The van der Waals surface area contributed by atoms with E-state index < -0.39 is 22.2 Å². The van der Waals surface area contributed by atoms with Crippen molar-refractivity contribution in [3.05, 3.63) is 0 Å². The third-order valence-electron chi connectivity index (χ3n) is 12.1. The van der Waals surface area contributed by atoms with Crippen molar-refractivity contribution in [2.45, 2.75) is 181 Å². The lowest BCUT2D eigenvalue weighted by Crippen LogP contribution is -2.53. The van der Waals surface area contributed by atoms with Crippen LogP contribution in [-0.2, 0) is 8.85 Å². The molecule has 0 unspecified atom stereocenters. The molecular weight excluding hydrogens is 513 g/mol. The molecule has 2 aliphatic carbocycles. The molecule has 0 bridgehead atoms. The van der Waals surface area contributed by atoms with Crippen molar-refractivity contribution in [1.82, 2.24) is 0 Å². The normalized spacial score (nSPS) is 29.9. The third-order valence-corrected chi connectivity index (χ3v) is 21.1. The van der Waals surface area contributed by atoms with Crippen LogP contribution in [0.25, 0.3) is 0 Å². The highest BCUT2D eigenvalue weighted by Crippen LogP contribution is 2.62. The highest BCUT2D eigenvalue weighted by Gasteiger charge is 2.58. The van der Waals surface area contributed by atoms with Gasteiger partial charge in [-0.2, -0.15) is 0 Å². The summed E-state index contributed by atoms with van der Waals surface area (Å²) >= 11 is 0. The number of fused-ring (bicyclic) bond motifs is 1. The number of hydrogen-bond donors (Lipinski definition) is 1. The van der Waals surface area contributed by atoms with E-state index >= 15 is 0 Å². The Labute approximate surface area is 247 Å². The molecule has 1 N–H and O–H groups in total. The van der Waals surface area contributed by atoms with Crippen molar-refractivity contribution in [1.29, 1.82) is 0 Å². The predicted octanol–water partition coefficient (Wildman–Crippen LogP) is 10.6. The topological polar surface area (TPSA) is 38.7 Å². The summed E-state index contributed by atoms with van der Waals surface area (Å²) in [7, 11) is -3.57. The smallest absolute Gasteiger partial charge is 0.192 e. The van der Waals surface area contributed by atoms with E-state index in [1.165, 1.54) is 51.4 Å². The first-order chi connectivity index (χ1) is 17.5. The lowest BCUT2D eigenvalue weighted by Gasteiger charge is -2.54. The maximum atomic E-state index is 10.1. The van der Waals surface area contributed by atoms with Gasteiger partial charge in [0.1, 0.15) is 0 Å². The van der Waals surface area contributed by atoms with Gasteiger partial charge in [0.05, 0.1) is 5.60 Å². The third kappa shape index (κ3) is 8.91. The van der Waals surface area contributed by atoms with Crippen molar-refractivity contribution in [2.75, 3.05) is 6.61 Å². The molecule has 2 fully saturated rings. The first kappa shape index (κ1) is 35.5. The first-order valence-electron chi connectivity index (χ1n) is 16.6. The lowest BCUT2D eigenvalue weighted by molar-refractivity contribution is -0.0704. The molecule has 2 aliphatic rings. The first-order valence-corrected chi connectivity index (χ1v) is 22.4. The van der Waals surface area contributed by atoms with E-state index in [9.17, 15) is 5.11 Å². The summed E-state index contributed by atoms with van der Waals surface area (Å²) in [5, 5.41) is 10.6. The zero-order valence-corrected chi connectivity index (χ0v) is 30.9. The van der Waals surface area contributed by atoms with Crippen LogP contribution < -0.4 is 0 Å². The molecule has 0 spiro atoms. The second-order valence-corrected chi connectivity index (χ2v) is 27.2. The standard InChI is InChI=1S/C34H70O3Si2/c1-26(25-36-38(11,12)31(2,3)4)28-21-22-29-30(37-39(13,14)32(5,6)7)23-20-27(34(28,29)10)19-17-15-16-18-24-33(8,9)35/h26-30,35H,15-25H2,1-14H3/t26-,27-,28-,29+,30+,34-/m1/s1. The van der Waals surface area contributed by atoms with Crippen LogP contribution >= 0.6 is 0 Å². The van der Waals surface area contributed by atoms with Gasteiger partial charge in [0.2, 0.25) is 0 Å². The van der Waals surface area contributed by atoms with Gasteiger partial charge in [-0.25, -0.2) is 0 Å². The molecule has 6 atom stereocenters. The molecule has 0 radical (unpaired) electrons. The molecule has 2 rings (SSSR count). The minimum Gasteiger partial charge on any atom is -0.417 e. The van der Waals surface area contributed by atoms with Gasteiger partial charge in [-0.1, -0.05) is 81.1 Å². The molecule has 0 aromatic heterocycles. The van der Waals surface area contributed by atoms with E-state index in [-0.39, 0.29) is 10.1 Å². The number of hydrogen-bond acceptors (Lipinski definition) is 3. The summed E-state index contributed by atoms with van der Waals surface area (Å²) in [6.07, 6.45) is 12.9. The molecule has 39 heavy (non-hydrogen) atoms. The fourth-order valence-corrected chi connectivity index (χ4v) is 9.85. The van der Waals surface area contributed by atoms with E-state index in [4.69, 9.17) is 8.85 Å². The minimum absolute atomic E-state index is 0.256. The molecule has 0 aliphatic heterocycles. The van der Waals surface area contributed by atoms with E-state index in [2.05, 4.69) is 81.6 Å². The Bertz CT molecular complexity index is 758. The molecule has 0 aromatic carbocycles. The van der Waals surface area contributed by atoms with Gasteiger partial charge in [0.25, 0.3) is 0 Å². The van der Waals surface area contributed by atoms with Crippen LogP contribution in [0.5, 0.6) is 0 Å². The fourth-order valence-electron chi connectivity index (χ4n) is 7.35. The van der Waals surface area contributed by atoms with Crippen molar-refractivity contribution in [2.24, 2.45) is 29.1 Å². The van der Waals surface area contributed by atoms with Gasteiger partial charge in [-0.05, 0) is 118 Å². The van der Waals surface area contributed by atoms with Gasteiger partial charge in [0.15, 0.2) is 16.6 Å². The van der Waals surface area contributed by atoms with Crippen LogP contribution in [0.15, 0.2) is 0 Å². The highest BCUT2D eigenvalue weighted by molar-refractivity contribution is 6.74. The largest absolute Gasteiger partial charge is 0.417 e. The summed E-state index contributed by atoms with van der Waals surface area (Å²) in [5.41, 5.74) is -0.183. The van der Waals surface area contributed by atoms with Crippen molar-refractivity contribution in [3.63, 3.8) is 0 Å². The van der Waals surface area contributed by atoms with Gasteiger partial charge in [0, 0.05) is 12.7 Å². The Morgan fingerprint density at radius 3 is 1.90 bits per heavy atom. The van der Waals surface area contributed by atoms with Gasteiger partial charge in [-0.15, -0.1) is 0 Å². The molecule has 0 amide bonds. The van der Waals surface area contributed by atoms with E-state index in [0.717, 1.165) is 31.3 Å². The van der Waals surface area contributed by atoms with E-state index in [0.29, 0.717) is 23.4 Å². The summed E-state index contributed by atoms with van der Waals surface area (Å²) in [6, 6.07) is 0. The van der Waals surface area contributed by atoms with Crippen molar-refractivity contribution in [3.8, 4) is 0 Å². The van der Waals surface area contributed by atoms with E-state index in [1.807, 2.05) is 13.8 Å². The maximum absolute atomic E-state index is 10.1. The SMILES string of the molecule is C[C@H](CO[Si](C)(C)C(C)(C)C)[C@H]1CC[C@H]2[C@@H](O[Si](C)(C)C(C)(C)C)CC[C@@H](CCCCCCC(C)(C)O)[C@]12C. The van der Waals surface area contributed by atoms with Crippen LogP contribution in [0.4, 0.5) is 0 Å². The Hall–Kier alpha value is 0.314. The maximum Gasteiger partial charge on any atom is 0.192 e. The molecule has 0 saturated heterocycles. The summed E-state index contributed by atoms with van der Waals surface area (Å²) < 4.78 is 14.1. The molecule has 2 saturated carbocycles. The van der Waals surface area contributed by atoms with E-state index in [1.54, 1.807) is 0 Å². The van der Waals surface area contributed by atoms with Crippen molar-refractivity contribution >= 4 is 16.6 Å². The minimum atomic E-state index is -1.81. The van der Waals surface area contributed by atoms with Gasteiger partial charge < -0.3 is 14.0 Å². The van der Waals surface area contributed by atoms with Crippen molar-refractivity contribution < 1.29 is 14.0 Å². The predicted molar refractivity (Wildman–Crippen MR) is 175 cm³/mol. The summed E-state index contributed by atoms with van der Waals surface area (Å²) in [6.45, 7) is 33.9. The number of aliphatic hydroxyl groups is 1. The average Bonchev–Trinajstić information content (AvgIpc) is 3.12. The lowest BCUT2D eigenvalue weighted by atomic mass is 9.55. The Kier molecular flexibility index (Phi) is 11.7. The number of unbranched alkanes of at least 4 members (excludes halogenated alkanes) is 3. The summed E-state index contributed by atoms with van der Waals surface area (Å²) in [4.78, 5) is 0. The van der Waals surface area contributed by atoms with Crippen LogP contribution in [0.1, 0.15) is 133 Å². The van der Waals surface area contributed by atoms with Gasteiger partial charge in [-0.3, -0.25) is 0 Å². The molecule has 3 nitrogen and oxygen atoms in total. The van der Waals surface area contributed by atoms with Crippen LogP contribution in [-0.4, -0.2) is 40.1 Å². The monoisotopic (exact) mass is 582 g/mol. The second-order valence-electron chi connectivity index (χ2n) is 17.7. The Morgan fingerprint density at radius 2 is 1.36 bits per heavy atom. The van der Waals surface area contributed by atoms with Crippen LogP contribution in [0.2, 0.25) is 36.3 Å². The average molecular weight is 583 g/mol. The molecule has 0 aromatic rings.